The molecule has 1 fully saturated rings. The highest BCUT2D eigenvalue weighted by molar-refractivity contribution is 7.85. The summed E-state index contributed by atoms with van der Waals surface area (Å²) in [5, 5.41) is 7.05. The van der Waals surface area contributed by atoms with Gasteiger partial charge in [0.15, 0.2) is 0 Å². The Labute approximate surface area is 81.4 Å². The van der Waals surface area contributed by atoms with E-state index in [-0.39, 0.29) is 5.84 Å². The molecule has 76 valence electrons. The Morgan fingerprint density at radius 1 is 1.46 bits per heavy atom. The molecule has 0 saturated carbocycles. The molecule has 1 rings (SSSR count). The van der Waals surface area contributed by atoms with Gasteiger partial charge in [-0.15, -0.1) is 0 Å². The molecule has 0 aromatic heterocycles. The van der Waals surface area contributed by atoms with Crippen LogP contribution in [0.25, 0.3) is 0 Å². The summed E-state index contributed by atoms with van der Waals surface area (Å²) in [6.07, 6.45) is 1.63. The van der Waals surface area contributed by atoms with Gasteiger partial charge in [0.25, 0.3) is 0 Å². The predicted molar refractivity (Wildman–Crippen MR) is 55.5 cm³/mol. The number of nitrogens with zero attached hydrogens (tertiary/aromatic N) is 1. The van der Waals surface area contributed by atoms with Gasteiger partial charge in [-0.25, -0.2) is 0 Å². The molecule has 1 saturated heterocycles. The van der Waals surface area contributed by atoms with Crippen LogP contribution in [0.4, 0.5) is 0 Å². The largest absolute Gasteiger partial charge is 0.388 e. The first-order chi connectivity index (χ1) is 6.18. The smallest absolute Gasteiger partial charge is 0.0905 e. The summed E-state index contributed by atoms with van der Waals surface area (Å²) in [4.78, 5) is 2.30. The summed E-state index contributed by atoms with van der Waals surface area (Å²) in [6.45, 7) is 2.85. The van der Waals surface area contributed by atoms with E-state index < -0.39 is 10.8 Å². The van der Waals surface area contributed by atoms with E-state index in [2.05, 4.69) is 4.90 Å². The van der Waals surface area contributed by atoms with E-state index in [0.717, 1.165) is 37.6 Å². The molecule has 0 aromatic carbocycles. The van der Waals surface area contributed by atoms with Gasteiger partial charge in [-0.2, -0.15) is 0 Å². The minimum Gasteiger partial charge on any atom is -0.388 e. The highest BCUT2D eigenvalue weighted by Crippen LogP contribution is 2.01. The van der Waals surface area contributed by atoms with Crippen LogP contribution in [0.3, 0.4) is 0 Å². The quantitative estimate of drug-likeness (QED) is 0.489. The number of rotatable bonds is 4. The molecule has 0 amide bonds. The summed E-state index contributed by atoms with van der Waals surface area (Å²) in [5.74, 6) is 1.88. The van der Waals surface area contributed by atoms with Gasteiger partial charge < -0.3 is 10.6 Å². The van der Waals surface area contributed by atoms with Gasteiger partial charge in [-0.3, -0.25) is 9.62 Å². The molecule has 0 atom stereocenters. The Hall–Kier alpha value is -0.420. The van der Waals surface area contributed by atoms with E-state index in [4.69, 9.17) is 11.1 Å². The number of hydrogen-bond acceptors (Lipinski definition) is 3. The van der Waals surface area contributed by atoms with Gasteiger partial charge in [0.2, 0.25) is 0 Å². The maximum absolute atomic E-state index is 11.0. The molecule has 0 aliphatic carbocycles. The lowest BCUT2D eigenvalue weighted by molar-refractivity contribution is 0.297. The van der Waals surface area contributed by atoms with Crippen molar-refractivity contribution in [2.75, 3.05) is 31.1 Å². The molecule has 4 nitrogen and oxygen atoms in total. The van der Waals surface area contributed by atoms with Gasteiger partial charge in [0, 0.05) is 41.8 Å². The van der Waals surface area contributed by atoms with Crippen molar-refractivity contribution >= 4 is 16.6 Å². The second kappa shape index (κ2) is 5.34. The van der Waals surface area contributed by atoms with Crippen LogP contribution in [0, 0.1) is 5.41 Å². The molecule has 1 heterocycles. The van der Waals surface area contributed by atoms with Gasteiger partial charge >= 0.3 is 0 Å². The van der Waals surface area contributed by atoms with E-state index >= 15 is 0 Å². The predicted octanol–water partition coefficient (Wildman–Crippen LogP) is -0.233. The van der Waals surface area contributed by atoms with Crippen LogP contribution < -0.4 is 5.73 Å². The average molecular weight is 203 g/mol. The first-order valence-electron chi connectivity index (χ1n) is 4.58. The van der Waals surface area contributed by atoms with Gasteiger partial charge in [0.05, 0.1) is 5.84 Å². The van der Waals surface area contributed by atoms with Crippen molar-refractivity contribution in [3.8, 4) is 0 Å². The fourth-order valence-corrected chi connectivity index (χ4v) is 2.52. The van der Waals surface area contributed by atoms with Crippen molar-refractivity contribution in [3.63, 3.8) is 0 Å². The van der Waals surface area contributed by atoms with Crippen LogP contribution in [0.15, 0.2) is 0 Å². The lowest BCUT2D eigenvalue weighted by Gasteiger charge is -2.25. The van der Waals surface area contributed by atoms with E-state index in [1.165, 1.54) is 0 Å². The Bertz CT molecular complexity index is 198. The molecule has 3 N–H and O–H groups in total. The minimum atomic E-state index is -0.584. The molecular weight excluding hydrogens is 186 g/mol. The average Bonchev–Trinajstić information content (AvgIpc) is 2.08. The fraction of sp³-hybridized carbons (Fsp3) is 0.875. The molecular formula is C8H17N3OS. The number of nitrogens with one attached hydrogen (secondary N) is 1. The number of hydrogen-bond donors (Lipinski definition) is 2. The third kappa shape index (κ3) is 4.38. The van der Waals surface area contributed by atoms with Crippen molar-refractivity contribution in [2.24, 2.45) is 5.73 Å². The van der Waals surface area contributed by atoms with Crippen LogP contribution in [-0.2, 0) is 10.8 Å². The molecule has 13 heavy (non-hydrogen) atoms. The van der Waals surface area contributed by atoms with E-state index in [1.807, 2.05) is 0 Å². The van der Waals surface area contributed by atoms with Gasteiger partial charge in [0.1, 0.15) is 0 Å². The second-order valence-corrected chi connectivity index (χ2v) is 5.01. The first kappa shape index (κ1) is 10.7. The van der Waals surface area contributed by atoms with E-state index in [1.54, 1.807) is 0 Å². The summed E-state index contributed by atoms with van der Waals surface area (Å²) >= 11 is 0. The zero-order valence-corrected chi connectivity index (χ0v) is 8.61. The van der Waals surface area contributed by atoms with E-state index in [9.17, 15) is 4.21 Å². The molecule has 1 aliphatic heterocycles. The fourth-order valence-electron chi connectivity index (χ4n) is 1.39. The Kier molecular flexibility index (Phi) is 4.38. The molecule has 0 unspecified atom stereocenters. The van der Waals surface area contributed by atoms with Crippen LogP contribution in [0.5, 0.6) is 0 Å². The summed E-state index contributed by atoms with van der Waals surface area (Å²) < 4.78 is 11.0. The highest BCUT2D eigenvalue weighted by atomic mass is 32.2. The SMILES string of the molecule is N=C(N)CCCN1CCS(=O)CC1. The maximum atomic E-state index is 11.0. The molecule has 0 bridgehead atoms. The molecule has 0 radical (unpaired) electrons. The van der Waals surface area contributed by atoms with Gasteiger partial charge in [-0.1, -0.05) is 0 Å². The summed E-state index contributed by atoms with van der Waals surface area (Å²) in [6, 6.07) is 0. The molecule has 5 heteroatoms. The third-order valence-electron chi connectivity index (χ3n) is 2.19. The minimum absolute atomic E-state index is 0.264. The monoisotopic (exact) mass is 203 g/mol. The molecule has 1 aliphatic rings. The lowest BCUT2D eigenvalue weighted by atomic mass is 10.3. The van der Waals surface area contributed by atoms with Crippen molar-refractivity contribution < 1.29 is 4.21 Å². The van der Waals surface area contributed by atoms with Crippen LogP contribution >= 0.6 is 0 Å². The topological polar surface area (TPSA) is 70.2 Å². The summed E-state index contributed by atoms with van der Waals surface area (Å²) in [7, 11) is -0.584. The standard InChI is InChI=1S/C8H17N3OS/c9-8(10)2-1-3-11-4-6-13(12)7-5-11/h1-7H2,(H3,9,10). The van der Waals surface area contributed by atoms with Crippen molar-refractivity contribution in [1.82, 2.24) is 4.90 Å². The van der Waals surface area contributed by atoms with E-state index in [0.29, 0.717) is 6.42 Å². The van der Waals surface area contributed by atoms with Crippen LogP contribution in [0.2, 0.25) is 0 Å². The normalized spacial score (nSPS) is 20.3. The Balaban J connectivity index is 2.09. The van der Waals surface area contributed by atoms with Crippen molar-refractivity contribution in [3.05, 3.63) is 0 Å². The summed E-state index contributed by atoms with van der Waals surface area (Å²) in [5.41, 5.74) is 5.25. The maximum Gasteiger partial charge on any atom is 0.0905 e. The number of amidine groups is 1. The second-order valence-electron chi connectivity index (χ2n) is 3.32. The first-order valence-corrected chi connectivity index (χ1v) is 6.07. The van der Waals surface area contributed by atoms with Crippen LogP contribution in [-0.4, -0.2) is 46.1 Å². The Morgan fingerprint density at radius 3 is 2.62 bits per heavy atom. The lowest BCUT2D eigenvalue weighted by Crippen LogP contribution is -2.38. The third-order valence-corrected chi connectivity index (χ3v) is 3.47. The molecule has 0 aromatic rings. The zero-order chi connectivity index (χ0) is 9.68. The Morgan fingerprint density at radius 2 is 2.08 bits per heavy atom. The van der Waals surface area contributed by atoms with Crippen molar-refractivity contribution in [2.45, 2.75) is 12.8 Å². The number of nitrogens with two attached hydrogens (primary N) is 1. The van der Waals surface area contributed by atoms with Crippen LogP contribution in [0.1, 0.15) is 12.8 Å². The molecule has 0 spiro atoms. The zero-order valence-electron chi connectivity index (χ0n) is 7.79. The highest BCUT2D eigenvalue weighted by Gasteiger charge is 2.13. The van der Waals surface area contributed by atoms with Crippen molar-refractivity contribution in [1.29, 1.82) is 5.41 Å². The van der Waals surface area contributed by atoms with Gasteiger partial charge in [-0.05, 0) is 13.0 Å².